The average Bonchev–Trinajstić information content (AvgIpc) is 1.85. The fraction of sp³-hybridized carbons (Fsp3) is 0. The van der Waals surface area contributed by atoms with Crippen molar-refractivity contribution in [2.75, 3.05) is 5.73 Å². The highest BCUT2D eigenvalue weighted by Gasteiger charge is 2.10. The molecule has 0 aromatic carbocycles. The Morgan fingerprint density at radius 1 is 1.64 bits per heavy atom. The highest BCUT2D eigenvalue weighted by Crippen LogP contribution is 2.17. The fourth-order valence-corrected chi connectivity index (χ4v) is 0.952. The summed E-state index contributed by atoms with van der Waals surface area (Å²) in [7, 11) is 0. The Kier molecular flexibility index (Phi) is 1.96. The van der Waals surface area contributed by atoms with Crippen molar-refractivity contribution < 1.29 is 4.79 Å². The molecule has 0 unspecified atom stereocenters. The zero-order chi connectivity index (χ0) is 8.43. The van der Waals surface area contributed by atoms with Gasteiger partial charge in [-0.25, -0.2) is 4.98 Å². The van der Waals surface area contributed by atoms with Gasteiger partial charge in [-0.2, -0.15) is 0 Å². The van der Waals surface area contributed by atoms with Gasteiger partial charge in [-0.05, 0) is 6.07 Å². The number of nitrogen functional groups attached to an aromatic ring is 1. The van der Waals surface area contributed by atoms with Crippen molar-refractivity contribution in [2.24, 2.45) is 5.73 Å². The average molecular weight is 172 g/mol. The molecule has 1 amide bonds. The number of halogens is 1. The number of primary amides is 1. The lowest BCUT2D eigenvalue weighted by Crippen LogP contribution is -2.14. The maximum Gasteiger partial charge on any atom is 0.253 e. The van der Waals surface area contributed by atoms with E-state index in [-0.39, 0.29) is 16.4 Å². The van der Waals surface area contributed by atoms with Crippen LogP contribution in [-0.2, 0) is 0 Å². The molecule has 0 spiro atoms. The summed E-state index contributed by atoms with van der Waals surface area (Å²) in [6, 6.07) is 1.46. The number of anilines is 1. The molecule has 11 heavy (non-hydrogen) atoms. The molecule has 0 aliphatic carbocycles. The van der Waals surface area contributed by atoms with Crippen molar-refractivity contribution in [1.82, 2.24) is 4.98 Å². The standard InChI is InChI=1S/C6H6ClN3O/c7-5-4(6(9)11)3(8)1-2-10-5/h1-2H,(H2,8,10)(H2,9,11). The fourth-order valence-electron chi connectivity index (χ4n) is 0.694. The Hall–Kier alpha value is -1.29. The topological polar surface area (TPSA) is 82.0 Å². The van der Waals surface area contributed by atoms with Crippen LogP contribution in [0.25, 0.3) is 0 Å². The molecule has 5 heteroatoms. The number of carbonyl (C=O) groups excluding carboxylic acids is 1. The largest absolute Gasteiger partial charge is 0.398 e. The molecule has 1 aromatic heterocycles. The van der Waals surface area contributed by atoms with Crippen LogP contribution in [0.2, 0.25) is 5.15 Å². The molecule has 58 valence electrons. The number of hydrogen-bond donors (Lipinski definition) is 2. The van der Waals surface area contributed by atoms with Gasteiger partial charge in [0.1, 0.15) is 5.15 Å². The SMILES string of the molecule is NC(=O)c1c(N)ccnc1Cl. The van der Waals surface area contributed by atoms with E-state index in [4.69, 9.17) is 23.1 Å². The second-order valence-corrected chi connectivity index (χ2v) is 2.29. The maximum absolute atomic E-state index is 10.7. The molecule has 0 radical (unpaired) electrons. The number of pyridine rings is 1. The van der Waals surface area contributed by atoms with Crippen molar-refractivity contribution in [2.45, 2.75) is 0 Å². The summed E-state index contributed by atoms with van der Waals surface area (Å²) in [6.45, 7) is 0. The summed E-state index contributed by atoms with van der Waals surface area (Å²) in [4.78, 5) is 14.3. The Labute approximate surface area is 68.2 Å². The first-order valence-electron chi connectivity index (χ1n) is 2.82. The second kappa shape index (κ2) is 2.75. The van der Waals surface area contributed by atoms with Gasteiger partial charge in [-0.15, -0.1) is 0 Å². The summed E-state index contributed by atoms with van der Waals surface area (Å²) >= 11 is 5.53. The molecule has 1 rings (SSSR count). The summed E-state index contributed by atoms with van der Waals surface area (Å²) in [5.74, 6) is -0.666. The van der Waals surface area contributed by atoms with Gasteiger partial charge < -0.3 is 11.5 Å². The van der Waals surface area contributed by atoms with Crippen molar-refractivity contribution in [3.05, 3.63) is 23.0 Å². The van der Waals surface area contributed by atoms with E-state index in [1.54, 1.807) is 0 Å². The van der Waals surface area contributed by atoms with Gasteiger partial charge >= 0.3 is 0 Å². The van der Waals surface area contributed by atoms with Gasteiger partial charge in [0.25, 0.3) is 5.91 Å². The summed E-state index contributed by atoms with van der Waals surface area (Å²) in [5.41, 5.74) is 10.7. The van der Waals surface area contributed by atoms with E-state index in [1.165, 1.54) is 12.3 Å². The van der Waals surface area contributed by atoms with Gasteiger partial charge in [-0.3, -0.25) is 4.79 Å². The van der Waals surface area contributed by atoms with Crippen LogP contribution in [0, 0.1) is 0 Å². The first-order valence-corrected chi connectivity index (χ1v) is 3.20. The van der Waals surface area contributed by atoms with Crippen molar-refractivity contribution in [3.8, 4) is 0 Å². The molecule has 4 nitrogen and oxygen atoms in total. The Morgan fingerprint density at radius 2 is 2.27 bits per heavy atom. The van der Waals surface area contributed by atoms with Crippen LogP contribution in [0.5, 0.6) is 0 Å². The first-order chi connectivity index (χ1) is 5.13. The minimum atomic E-state index is -0.666. The quantitative estimate of drug-likeness (QED) is 0.601. The predicted molar refractivity (Wildman–Crippen MR) is 42.2 cm³/mol. The Morgan fingerprint density at radius 3 is 2.64 bits per heavy atom. The number of hydrogen-bond acceptors (Lipinski definition) is 3. The molecular weight excluding hydrogens is 166 g/mol. The van der Waals surface area contributed by atoms with Crippen molar-refractivity contribution in [1.29, 1.82) is 0 Å². The lowest BCUT2D eigenvalue weighted by Gasteiger charge is -2.00. The Bertz CT molecular complexity index is 280. The molecule has 4 N–H and O–H groups in total. The molecule has 0 saturated carbocycles. The minimum Gasteiger partial charge on any atom is -0.398 e. The van der Waals surface area contributed by atoms with Gasteiger partial charge in [0, 0.05) is 11.9 Å². The van der Waals surface area contributed by atoms with Crippen LogP contribution in [0.15, 0.2) is 12.3 Å². The summed E-state index contributed by atoms with van der Waals surface area (Å²) in [5, 5.41) is 0.0394. The van der Waals surface area contributed by atoms with E-state index in [0.717, 1.165) is 0 Å². The van der Waals surface area contributed by atoms with Crippen LogP contribution in [-0.4, -0.2) is 10.9 Å². The smallest absolute Gasteiger partial charge is 0.253 e. The number of aromatic nitrogens is 1. The molecule has 0 saturated heterocycles. The molecule has 0 aliphatic rings. The Balaban J connectivity index is 3.32. The van der Waals surface area contributed by atoms with Gasteiger partial charge in [0.2, 0.25) is 0 Å². The van der Waals surface area contributed by atoms with Crippen LogP contribution >= 0.6 is 11.6 Å². The van der Waals surface area contributed by atoms with E-state index >= 15 is 0 Å². The summed E-state index contributed by atoms with van der Waals surface area (Å²) in [6.07, 6.45) is 1.41. The third-order valence-electron chi connectivity index (χ3n) is 1.18. The van der Waals surface area contributed by atoms with E-state index in [2.05, 4.69) is 4.98 Å². The van der Waals surface area contributed by atoms with Crippen LogP contribution in [0.3, 0.4) is 0 Å². The van der Waals surface area contributed by atoms with E-state index < -0.39 is 5.91 Å². The molecule has 0 atom stereocenters. The monoisotopic (exact) mass is 171 g/mol. The number of rotatable bonds is 1. The molecule has 1 heterocycles. The second-order valence-electron chi connectivity index (χ2n) is 1.93. The van der Waals surface area contributed by atoms with Crippen LogP contribution < -0.4 is 11.5 Å². The minimum absolute atomic E-state index is 0.0394. The normalized spacial score (nSPS) is 9.55. The molecule has 1 aromatic rings. The highest BCUT2D eigenvalue weighted by atomic mass is 35.5. The lowest BCUT2D eigenvalue weighted by molar-refractivity contribution is 0.100. The zero-order valence-corrected chi connectivity index (χ0v) is 6.30. The number of carbonyl (C=O) groups is 1. The first kappa shape index (κ1) is 7.81. The zero-order valence-electron chi connectivity index (χ0n) is 5.54. The van der Waals surface area contributed by atoms with Crippen molar-refractivity contribution in [3.63, 3.8) is 0 Å². The molecule has 0 aliphatic heterocycles. The predicted octanol–water partition coefficient (Wildman–Crippen LogP) is 0.416. The third-order valence-corrected chi connectivity index (χ3v) is 1.47. The van der Waals surface area contributed by atoms with E-state index in [0.29, 0.717) is 0 Å². The molecule has 0 fully saturated rings. The van der Waals surface area contributed by atoms with E-state index in [1.807, 2.05) is 0 Å². The van der Waals surface area contributed by atoms with Crippen molar-refractivity contribution >= 4 is 23.2 Å². The number of nitrogens with two attached hydrogens (primary N) is 2. The number of amides is 1. The maximum atomic E-state index is 10.7. The van der Waals surface area contributed by atoms with Gasteiger partial charge in [0.15, 0.2) is 0 Å². The van der Waals surface area contributed by atoms with Crippen LogP contribution in [0.4, 0.5) is 5.69 Å². The molecule has 0 bridgehead atoms. The number of nitrogens with zero attached hydrogens (tertiary/aromatic N) is 1. The van der Waals surface area contributed by atoms with E-state index in [9.17, 15) is 4.79 Å². The summed E-state index contributed by atoms with van der Waals surface area (Å²) < 4.78 is 0. The van der Waals surface area contributed by atoms with Crippen LogP contribution in [0.1, 0.15) is 10.4 Å². The van der Waals surface area contributed by atoms with Gasteiger partial charge in [-0.1, -0.05) is 11.6 Å². The molecular formula is C6H6ClN3O. The lowest BCUT2D eigenvalue weighted by atomic mass is 10.2. The third kappa shape index (κ3) is 1.40. The highest BCUT2D eigenvalue weighted by molar-refractivity contribution is 6.33. The van der Waals surface area contributed by atoms with Gasteiger partial charge in [0.05, 0.1) is 5.56 Å².